The van der Waals surface area contributed by atoms with Crippen LogP contribution in [0.25, 0.3) is 10.9 Å². The van der Waals surface area contributed by atoms with Gasteiger partial charge in [-0.25, -0.2) is 8.42 Å². The van der Waals surface area contributed by atoms with E-state index in [2.05, 4.69) is 10.4 Å². The third-order valence-corrected chi connectivity index (χ3v) is 8.22. The first-order valence-corrected chi connectivity index (χ1v) is 13.6. The molecule has 1 amide bonds. The fraction of sp³-hybridized carbons (Fsp3) is 0.179. The molecule has 4 aromatic rings. The smallest absolute Gasteiger partial charge is 0.272 e. The maximum atomic E-state index is 14.2. The van der Waals surface area contributed by atoms with Crippen molar-refractivity contribution in [2.45, 2.75) is 19.4 Å². The number of likely N-dealkylation sites (N-methyl/N-ethyl adjacent to an activating group) is 1. The van der Waals surface area contributed by atoms with Crippen LogP contribution in [0.15, 0.2) is 90.0 Å². The zero-order valence-electron chi connectivity index (χ0n) is 21.1. The predicted octanol–water partition coefficient (Wildman–Crippen LogP) is 3.72. The van der Waals surface area contributed by atoms with Crippen molar-refractivity contribution in [2.75, 3.05) is 18.1 Å². The molecule has 0 saturated carbocycles. The highest BCUT2D eigenvalue weighted by Crippen LogP contribution is 2.24. The molecular weight excluding hydrogens is 502 g/mol. The Balaban J connectivity index is 1.77. The second-order valence-electron chi connectivity index (χ2n) is 8.74. The van der Waals surface area contributed by atoms with Crippen molar-refractivity contribution in [3.8, 4) is 0 Å². The number of nitrogens with zero attached hydrogens (tertiary/aromatic N) is 3. The van der Waals surface area contributed by atoms with Gasteiger partial charge in [-0.1, -0.05) is 60.7 Å². The van der Waals surface area contributed by atoms with E-state index in [1.807, 2.05) is 36.4 Å². The summed E-state index contributed by atoms with van der Waals surface area (Å²) in [5.41, 5.74) is 2.69. The van der Waals surface area contributed by atoms with Crippen LogP contribution in [-0.4, -0.2) is 54.2 Å². The molecule has 0 aliphatic carbocycles. The molecule has 3 N–H and O–H groups in total. The van der Waals surface area contributed by atoms with Crippen molar-refractivity contribution in [2.24, 2.45) is 10.9 Å². The molecule has 3 aromatic carbocycles. The zero-order valence-corrected chi connectivity index (χ0v) is 21.9. The highest BCUT2D eigenvalue weighted by atomic mass is 32.2. The fourth-order valence-electron chi connectivity index (χ4n) is 4.25. The first-order valence-electron chi connectivity index (χ1n) is 12.0. The van der Waals surface area contributed by atoms with Gasteiger partial charge in [0.05, 0.1) is 17.5 Å². The molecule has 0 spiro atoms. The summed E-state index contributed by atoms with van der Waals surface area (Å²) in [7, 11) is -2.31. The van der Waals surface area contributed by atoms with Gasteiger partial charge in [-0.05, 0) is 48.7 Å². The Hall–Kier alpha value is -4.28. The number of amides is 1. The number of aromatic nitrogens is 1. The Morgan fingerprint density at radius 1 is 1.03 bits per heavy atom. The Morgan fingerprint density at radius 2 is 1.68 bits per heavy atom. The summed E-state index contributed by atoms with van der Waals surface area (Å²) in [6, 6.07) is 23.8. The number of carbonyl (C=O) groups is 2. The lowest BCUT2D eigenvalue weighted by Gasteiger charge is -2.27. The number of hydrogen-bond donors (Lipinski definition) is 2. The average Bonchev–Trinajstić information content (AvgIpc) is 3.32. The molecule has 9 nitrogen and oxygen atoms in total. The van der Waals surface area contributed by atoms with Gasteiger partial charge in [0.1, 0.15) is 11.7 Å². The third-order valence-electron chi connectivity index (χ3n) is 6.36. The molecule has 38 heavy (non-hydrogen) atoms. The first kappa shape index (κ1) is 26.8. The van der Waals surface area contributed by atoms with Crippen LogP contribution in [0.5, 0.6) is 0 Å². The fourth-order valence-corrected chi connectivity index (χ4v) is 5.21. The quantitative estimate of drug-likeness (QED) is 0.193. The number of nitrogens with two attached hydrogens (primary N) is 1. The maximum Gasteiger partial charge on any atom is 0.272 e. The summed E-state index contributed by atoms with van der Waals surface area (Å²) in [5.74, 6) is 4.01. The van der Waals surface area contributed by atoms with Gasteiger partial charge in [0.2, 0.25) is 10.0 Å². The lowest BCUT2D eigenvalue weighted by Crippen LogP contribution is -2.47. The lowest BCUT2D eigenvalue weighted by atomic mass is 10.1. The number of hydrogen-bond acceptors (Lipinski definition) is 6. The van der Waals surface area contributed by atoms with Gasteiger partial charge in [0.15, 0.2) is 0 Å². The molecule has 0 aliphatic rings. The van der Waals surface area contributed by atoms with Gasteiger partial charge in [0.25, 0.3) is 11.8 Å². The third kappa shape index (κ3) is 5.66. The van der Waals surface area contributed by atoms with Crippen LogP contribution in [0.1, 0.15) is 33.3 Å². The van der Waals surface area contributed by atoms with Crippen LogP contribution in [0.3, 0.4) is 0 Å². The summed E-state index contributed by atoms with van der Waals surface area (Å²) < 4.78 is 28.2. The van der Waals surface area contributed by atoms with Crippen molar-refractivity contribution in [3.05, 3.63) is 102 Å². The molecule has 0 aliphatic heterocycles. The minimum Gasteiger partial charge on any atom is -0.323 e. The molecule has 0 saturated heterocycles. The van der Waals surface area contributed by atoms with E-state index in [0.717, 1.165) is 15.4 Å². The Kier molecular flexibility index (Phi) is 8.04. The Labute approximate surface area is 221 Å². The molecule has 1 heterocycles. The minimum absolute atomic E-state index is 0.101. The van der Waals surface area contributed by atoms with Gasteiger partial charge in [-0.15, -0.1) is 0 Å². The van der Waals surface area contributed by atoms with E-state index in [1.165, 1.54) is 24.8 Å². The maximum absolute atomic E-state index is 14.2. The first-order chi connectivity index (χ1) is 18.2. The predicted molar refractivity (Wildman–Crippen MR) is 150 cm³/mol. The number of sulfonamides is 1. The van der Waals surface area contributed by atoms with Gasteiger partial charge in [-0.2, -0.15) is 9.41 Å². The van der Waals surface area contributed by atoms with Crippen LogP contribution < -0.4 is 11.2 Å². The van der Waals surface area contributed by atoms with E-state index >= 15 is 0 Å². The summed E-state index contributed by atoms with van der Waals surface area (Å²) >= 11 is 0. The molecule has 196 valence electrons. The molecule has 0 bridgehead atoms. The Bertz CT molecular complexity index is 1580. The standard InChI is InChI=1S/C28H29N5O4S/c1-3-38(36,37)32(2)26(17-20-9-5-4-6-10-20)28(35)33-24-12-8-7-11-22(24)18-25(33)27(34)31-23-15-13-21(14-16-23)19-30-29/h4-16,18-19,26H,3,17,29H2,1-2H3,(H,31,34)/t26-/m1/s1. The number of anilines is 1. The van der Waals surface area contributed by atoms with Gasteiger partial charge in [0, 0.05) is 18.1 Å². The van der Waals surface area contributed by atoms with E-state index in [-0.39, 0.29) is 17.9 Å². The molecule has 0 unspecified atom stereocenters. The normalized spacial score (nSPS) is 12.7. The van der Waals surface area contributed by atoms with Gasteiger partial charge < -0.3 is 11.2 Å². The van der Waals surface area contributed by atoms with Crippen molar-refractivity contribution in [1.29, 1.82) is 0 Å². The number of fused-ring (bicyclic) bond motifs is 1. The molecule has 1 aromatic heterocycles. The number of benzene rings is 3. The lowest BCUT2D eigenvalue weighted by molar-refractivity contribution is 0.0813. The van der Waals surface area contributed by atoms with Crippen LogP contribution in [0.2, 0.25) is 0 Å². The van der Waals surface area contributed by atoms with Crippen LogP contribution >= 0.6 is 0 Å². The molecule has 0 radical (unpaired) electrons. The largest absolute Gasteiger partial charge is 0.323 e. The SMILES string of the molecule is CCS(=O)(=O)N(C)[C@H](Cc1ccccc1)C(=O)n1c(C(=O)Nc2ccc(C=NN)cc2)cc2ccccc21. The number of para-hydroxylation sites is 1. The van der Waals surface area contributed by atoms with Crippen molar-refractivity contribution in [1.82, 2.24) is 8.87 Å². The summed E-state index contributed by atoms with van der Waals surface area (Å²) in [4.78, 5) is 27.6. The van der Waals surface area contributed by atoms with E-state index in [4.69, 9.17) is 5.84 Å². The van der Waals surface area contributed by atoms with Crippen molar-refractivity contribution >= 4 is 44.6 Å². The monoisotopic (exact) mass is 531 g/mol. The summed E-state index contributed by atoms with van der Waals surface area (Å²) in [5, 5.41) is 6.99. The molecule has 4 rings (SSSR count). The Morgan fingerprint density at radius 3 is 2.34 bits per heavy atom. The molecule has 10 heteroatoms. The highest BCUT2D eigenvalue weighted by molar-refractivity contribution is 7.89. The zero-order chi connectivity index (χ0) is 27.3. The minimum atomic E-state index is -3.72. The average molecular weight is 532 g/mol. The van der Waals surface area contributed by atoms with Gasteiger partial charge >= 0.3 is 0 Å². The van der Waals surface area contributed by atoms with Crippen LogP contribution in [-0.2, 0) is 16.4 Å². The second-order valence-corrected chi connectivity index (χ2v) is 11.1. The van der Waals surface area contributed by atoms with Crippen molar-refractivity contribution < 1.29 is 18.0 Å². The van der Waals surface area contributed by atoms with E-state index in [9.17, 15) is 18.0 Å². The van der Waals surface area contributed by atoms with E-state index < -0.39 is 27.9 Å². The van der Waals surface area contributed by atoms with E-state index in [1.54, 1.807) is 48.5 Å². The molecule has 1 atom stereocenters. The van der Waals surface area contributed by atoms with E-state index in [0.29, 0.717) is 16.6 Å². The summed E-state index contributed by atoms with van der Waals surface area (Å²) in [6.45, 7) is 1.53. The second kappa shape index (κ2) is 11.4. The number of carbonyl (C=O) groups excluding carboxylic acids is 2. The number of hydrazone groups is 1. The van der Waals surface area contributed by atoms with Crippen LogP contribution in [0, 0.1) is 0 Å². The topological polar surface area (TPSA) is 127 Å². The summed E-state index contributed by atoms with van der Waals surface area (Å²) in [6.07, 6.45) is 1.63. The molecular formula is C28H29N5O4S. The van der Waals surface area contributed by atoms with Crippen LogP contribution in [0.4, 0.5) is 5.69 Å². The highest BCUT2D eigenvalue weighted by Gasteiger charge is 2.34. The number of nitrogens with one attached hydrogen (secondary N) is 1. The van der Waals surface area contributed by atoms with Gasteiger partial charge in [-0.3, -0.25) is 14.2 Å². The molecule has 0 fully saturated rings. The number of rotatable bonds is 9. The van der Waals surface area contributed by atoms with Crippen molar-refractivity contribution in [3.63, 3.8) is 0 Å².